The molecule has 11 heavy (non-hydrogen) atoms. The van der Waals surface area contributed by atoms with Crippen LogP contribution in [0, 0.1) is 0 Å². The summed E-state index contributed by atoms with van der Waals surface area (Å²) in [5, 5.41) is 0. The number of rotatable bonds is 2. The lowest BCUT2D eigenvalue weighted by Gasteiger charge is -2.07. The Balaban J connectivity index is 3.96. The minimum absolute atomic E-state index is 0.171. The second-order valence-corrected chi connectivity index (χ2v) is 1.85. The van der Waals surface area contributed by atoms with Crippen molar-refractivity contribution >= 4 is 0 Å². The van der Waals surface area contributed by atoms with Gasteiger partial charge in [0.15, 0.2) is 0 Å². The van der Waals surface area contributed by atoms with E-state index in [1.807, 2.05) is 0 Å². The Morgan fingerprint density at radius 1 is 1.36 bits per heavy atom. The number of hydrogen-bond acceptors (Lipinski definition) is 1. The van der Waals surface area contributed by atoms with Gasteiger partial charge in [0.1, 0.15) is 5.76 Å². The van der Waals surface area contributed by atoms with Crippen LogP contribution in [0.3, 0.4) is 0 Å². The zero-order valence-electron chi connectivity index (χ0n) is 6.27. The maximum atomic E-state index is 11.4. The summed E-state index contributed by atoms with van der Waals surface area (Å²) >= 11 is 0. The van der Waals surface area contributed by atoms with Crippen molar-refractivity contribution in [3.8, 4) is 0 Å². The minimum Gasteiger partial charge on any atom is -0.411 e. The summed E-state index contributed by atoms with van der Waals surface area (Å²) in [6, 6.07) is 0. The van der Waals surface area contributed by atoms with Crippen molar-refractivity contribution in [1.29, 1.82) is 0 Å². The Kier molecular flexibility index (Phi) is 3.71. The van der Waals surface area contributed by atoms with E-state index in [2.05, 4.69) is 4.74 Å². The monoisotopic (exact) mass is 166 g/mol. The van der Waals surface area contributed by atoms with Gasteiger partial charge in [0.05, 0.1) is 0 Å². The van der Waals surface area contributed by atoms with Crippen LogP contribution >= 0.6 is 0 Å². The maximum Gasteiger partial charge on any atom is 0.572 e. The van der Waals surface area contributed by atoms with Crippen LogP contribution in [0.2, 0.25) is 0 Å². The van der Waals surface area contributed by atoms with E-state index in [0.29, 0.717) is 0 Å². The van der Waals surface area contributed by atoms with Crippen molar-refractivity contribution in [2.45, 2.75) is 20.2 Å². The lowest BCUT2D eigenvalue weighted by atomic mass is 10.4. The Morgan fingerprint density at radius 3 is 2.27 bits per heavy atom. The predicted octanol–water partition coefficient (Wildman–Crippen LogP) is 3.00. The van der Waals surface area contributed by atoms with Gasteiger partial charge < -0.3 is 4.74 Å². The first-order chi connectivity index (χ1) is 4.95. The van der Waals surface area contributed by atoms with Crippen molar-refractivity contribution in [3.05, 3.63) is 24.0 Å². The highest BCUT2D eigenvalue weighted by molar-refractivity contribution is 5.04. The van der Waals surface area contributed by atoms with Crippen molar-refractivity contribution in [1.82, 2.24) is 0 Å². The number of alkyl halides is 3. The summed E-state index contributed by atoms with van der Waals surface area (Å²) in [7, 11) is 0. The molecule has 0 aliphatic heterocycles. The minimum atomic E-state index is -4.58. The summed E-state index contributed by atoms with van der Waals surface area (Å²) in [6.07, 6.45) is -0.250. The molecule has 0 heterocycles. The molecule has 0 aliphatic carbocycles. The number of hydrogen-bond donors (Lipinski definition) is 0. The molecule has 0 aromatic heterocycles. The van der Waals surface area contributed by atoms with E-state index < -0.39 is 6.36 Å². The summed E-state index contributed by atoms with van der Waals surface area (Å²) in [4.78, 5) is 0. The smallest absolute Gasteiger partial charge is 0.411 e. The zero-order chi connectivity index (χ0) is 8.91. The predicted molar refractivity (Wildman–Crippen MR) is 35.7 cm³/mol. The maximum absolute atomic E-state index is 11.4. The van der Waals surface area contributed by atoms with Crippen LogP contribution in [0.1, 0.15) is 13.8 Å². The second-order valence-electron chi connectivity index (χ2n) is 1.85. The van der Waals surface area contributed by atoms with Crippen LogP contribution in [0.4, 0.5) is 13.2 Å². The molecule has 1 nitrogen and oxygen atoms in total. The fourth-order valence-electron chi connectivity index (χ4n) is 0.448. The first kappa shape index (κ1) is 10.1. The molecule has 0 aromatic rings. The van der Waals surface area contributed by atoms with E-state index in [4.69, 9.17) is 0 Å². The van der Waals surface area contributed by atoms with E-state index >= 15 is 0 Å². The third kappa shape index (κ3) is 6.96. The molecule has 0 saturated heterocycles. The normalized spacial score (nSPS) is 14.1. The van der Waals surface area contributed by atoms with Gasteiger partial charge >= 0.3 is 6.36 Å². The molecule has 0 radical (unpaired) electrons. The largest absolute Gasteiger partial charge is 0.572 e. The van der Waals surface area contributed by atoms with Crippen molar-refractivity contribution in [2.24, 2.45) is 0 Å². The molecule has 0 aliphatic rings. The van der Waals surface area contributed by atoms with E-state index in [-0.39, 0.29) is 5.76 Å². The van der Waals surface area contributed by atoms with Crippen LogP contribution in [0.25, 0.3) is 0 Å². The standard InChI is InChI=1S/C7H9F3O/c1-3-4-5-6(2)11-7(8,9)10/h3-5H,1-2H3/b4-3-,6-5+. The van der Waals surface area contributed by atoms with Gasteiger partial charge in [-0.25, -0.2) is 0 Å². The molecule has 0 bridgehead atoms. The van der Waals surface area contributed by atoms with Crippen LogP contribution in [-0.4, -0.2) is 6.36 Å². The van der Waals surface area contributed by atoms with Gasteiger partial charge in [0, 0.05) is 0 Å². The SMILES string of the molecule is C/C=C\C=C(/C)OC(F)(F)F. The molecule has 0 spiro atoms. The Labute approximate surface area is 63.2 Å². The number of ether oxygens (including phenoxy) is 1. The topological polar surface area (TPSA) is 9.23 Å². The Morgan fingerprint density at radius 2 is 1.91 bits per heavy atom. The molecule has 64 valence electrons. The Bertz CT molecular complexity index is 167. The van der Waals surface area contributed by atoms with Crippen LogP contribution in [0.15, 0.2) is 24.0 Å². The van der Waals surface area contributed by atoms with Gasteiger partial charge in [-0.05, 0) is 19.9 Å². The molecule has 0 saturated carbocycles. The average Bonchev–Trinajstić information content (AvgIpc) is 1.79. The van der Waals surface area contributed by atoms with Crippen molar-refractivity contribution in [3.63, 3.8) is 0 Å². The molecule has 0 amide bonds. The molecular weight excluding hydrogens is 157 g/mol. The van der Waals surface area contributed by atoms with Gasteiger partial charge in [-0.2, -0.15) is 0 Å². The highest BCUT2D eigenvalue weighted by atomic mass is 19.4. The molecule has 0 fully saturated rings. The van der Waals surface area contributed by atoms with Crippen LogP contribution in [-0.2, 0) is 4.74 Å². The van der Waals surface area contributed by atoms with Gasteiger partial charge in [-0.1, -0.05) is 12.2 Å². The first-order valence-electron chi connectivity index (χ1n) is 3.01. The fourth-order valence-corrected chi connectivity index (χ4v) is 0.448. The van der Waals surface area contributed by atoms with Crippen LogP contribution < -0.4 is 0 Å². The average molecular weight is 166 g/mol. The first-order valence-corrected chi connectivity index (χ1v) is 3.01. The molecule has 0 N–H and O–H groups in total. The third-order valence-corrected chi connectivity index (χ3v) is 0.800. The molecule has 4 heteroatoms. The quantitative estimate of drug-likeness (QED) is 0.452. The molecular formula is C7H9F3O. The highest BCUT2D eigenvalue weighted by Gasteiger charge is 2.30. The summed E-state index contributed by atoms with van der Waals surface area (Å²) < 4.78 is 37.9. The van der Waals surface area contributed by atoms with Gasteiger partial charge in [0.25, 0.3) is 0 Å². The van der Waals surface area contributed by atoms with E-state index in [9.17, 15) is 13.2 Å². The van der Waals surface area contributed by atoms with Gasteiger partial charge in [0.2, 0.25) is 0 Å². The summed E-state index contributed by atoms with van der Waals surface area (Å²) in [5.41, 5.74) is 0. The van der Waals surface area contributed by atoms with E-state index in [1.54, 1.807) is 13.0 Å². The summed E-state index contributed by atoms with van der Waals surface area (Å²) in [5.74, 6) is -0.171. The summed E-state index contributed by atoms with van der Waals surface area (Å²) in [6.45, 7) is 2.95. The molecule has 0 atom stereocenters. The highest BCUT2D eigenvalue weighted by Crippen LogP contribution is 2.20. The molecule has 0 aromatic carbocycles. The van der Waals surface area contributed by atoms with E-state index in [1.165, 1.54) is 19.1 Å². The number of halogens is 3. The van der Waals surface area contributed by atoms with Gasteiger partial charge in [-0.3, -0.25) is 0 Å². The lowest BCUT2D eigenvalue weighted by Crippen LogP contribution is -2.11. The van der Waals surface area contributed by atoms with E-state index in [0.717, 1.165) is 0 Å². The number of allylic oxidation sites excluding steroid dienone is 4. The zero-order valence-corrected chi connectivity index (χ0v) is 6.27. The van der Waals surface area contributed by atoms with Gasteiger partial charge in [-0.15, -0.1) is 13.2 Å². The third-order valence-electron chi connectivity index (χ3n) is 0.800. The molecule has 0 rings (SSSR count). The Hall–Kier alpha value is -0.930. The fraction of sp³-hybridized carbons (Fsp3) is 0.429. The second kappa shape index (κ2) is 4.05. The van der Waals surface area contributed by atoms with Crippen molar-refractivity contribution < 1.29 is 17.9 Å². The van der Waals surface area contributed by atoms with Crippen LogP contribution in [0.5, 0.6) is 0 Å². The lowest BCUT2D eigenvalue weighted by molar-refractivity contribution is -0.305. The van der Waals surface area contributed by atoms with Crippen molar-refractivity contribution in [2.75, 3.05) is 0 Å². The molecule has 0 unspecified atom stereocenters.